The van der Waals surface area contributed by atoms with E-state index in [1.54, 1.807) is 12.5 Å². The molecule has 3 aromatic rings. The molecule has 0 aliphatic heterocycles. The quantitative estimate of drug-likeness (QED) is 0.750. The van der Waals surface area contributed by atoms with Crippen LogP contribution in [0.5, 0.6) is 0 Å². The highest BCUT2D eigenvalue weighted by Gasteiger charge is 2.13. The molecule has 0 atom stereocenters. The van der Waals surface area contributed by atoms with E-state index >= 15 is 0 Å². The van der Waals surface area contributed by atoms with Crippen molar-refractivity contribution in [3.8, 4) is 22.5 Å². The van der Waals surface area contributed by atoms with Crippen molar-refractivity contribution < 1.29 is 0 Å². The van der Waals surface area contributed by atoms with Crippen LogP contribution in [0, 0.1) is 0 Å². The maximum absolute atomic E-state index is 4.43. The largest absolute Gasteiger partial charge is 0.373 e. The lowest BCUT2D eigenvalue weighted by atomic mass is 10.1. The van der Waals surface area contributed by atoms with Crippen molar-refractivity contribution in [1.82, 2.24) is 15.0 Å². The predicted octanol–water partition coefficient (Wildman–Crippen LogP) is 3.18. The standard InChI is InChI=1S/C15H14N4/c1-16-15-12(8-5-9-17-15)14-13(18-10-19-14)11-6-3-2-4-7-11/h2-10H,1H3,(H,16,17)(H,18,19). The summed E-state index contributed by atoms with van der Waals surface area (Å²) in [5.74, 6) is 0.837. The second kappa shape index (κ2) is 4.94. The van der Waals surface area contributed by atoms with Gasteiger partial charge in [-0.05, 0) is 12.1 Å². The van der Waals surface area contributed by atoms with Gasteiger partial charge in [0, 0.05) is 24.4 Å². The summed E-state index contributed by atoms with van der Waals surface area (Å²) in [5.41, 5.74) is 4.01. The molecule has 0 saturated carbocycles. The van der Waals surface area contributed by atoms with Gasteiger partial charge in [0.15, 0.2) is 0 Å². The van der Waals surface area contributed by atoms with Crippen LogP contribution in [0.1, 0.15) is 0 Å². The van der Waals surface area contributed by atoms with E-state index in [0.29, 0.717) is 0 Å². The molecule has 0 bridgehead atoms. The number of aromatic nitrogens is 3. The van der Waals surface area contributed by atoms with Gasteiger partial charge >= 0.3 is 0 Å². The van der Waals surface area contributed by atoms with Gasteiger partial charge in [0.05, 0.1) is 17.7 Å². The molecular weight excluding hydrogens is 236 g/mol. The molecule has 0 radical (unpaired) electrons. The molecule has 2 N–H and O–H groups in total. The van der Waals surface area contributed by atoms with Gasteiger partial charge in [-0.1, -0.05) is 30.3 Å². The van der Waals surface area contributed by atoms with Crippen LogP contribution in [0.25, 0.3) is 22.5 Å². The Morgan fingerprint density at radius 2 is 1.84 bits per heavy atom. The second-order valence-electron chi connectivity index (χ2n) is 4.14. The van der Waals surface area contributed by atoms with E-state index in [-0.39, 0.29) is 0 Å². The lowest BCUT2D eigenvalue weighted by Gasteiger charge is -2.08. The number of nitrogens with zero attached hydrogens (tertiary/aromatic N) is 2. The van der Waals surface area contributed by atoms with Crippen molar-refractivity contribution in [2.45, 2.75) is 0 Å². The van der Waals surface area contributed by atoms with E-state index in [2.05, 4.69) is 32.4 Å². The summed E-state index contributed by atoms with van der Waals surface area (Å²) in [6.45, 7) is 0. The Kier molecular flexibility index (Phi) is 2.98. The first-order chi connectivity index (χ1) is 9.40. The van der Waals surface area contributed by atoms with Crippen LogP contribution in [-0.4, -0.2) is 22.0 Å². The average Bonchev–Trinajstić information content (AvgIpc) is 2.97. The summed E-state index contributed by atoms with van der Waals surface area (Å²) in [6, 6.07) is 14.1. The van der Waals surface area contributed by atoms with Crippen molar-refractivity contribution in [3.05, 3.63) is 55.0 Å². The zero-order valence-corrected chi connectivity index (χ0v) is 10.6. The van der Waals surface area contributed by atoms with Gasteiger partial charge in [-0.3, -0.25) is 0 Å². The Bertz CT molecular complexity index is 673. The first kappa shape index (κ1) is 11.5. The zero-order chi connectivity index (χ0) is 13.1. The number of rotatable bonds is 3. The molecule has 94 valence electrons. The molecule has 0 aliphatic rings. The normalized spacial score (nSPS) is 10.4. The molecule has 0 unspecified atom stereocenters. The van der Waals surface area contributed by atoms with Gasteiger partial charge < -0.3 is 10.3 Å². The number of aromatic amines is 1. The molecule has 0 fully saturated rings. The van der Waals surface area contributed by atoms with Crippen molar-refractivity contribution in [3.63, 3.8) is 0 Å². The Hall–Kier alpha value is -2.62. The summed E-state index contributed by atoms with van der Waals surface area (Å²) in [4.78, 5) is 12.0. The third kappa shape index (κ3) is 2.08. The number of hydrogen-bond donors (Lipinski definition) is 2. The number of hydrogen-bond acceptors (Lipinski definition) is 3. The first-order valence-corrected chi connectivity index (χ1v) is 6.12. The van der Waals surface area contributed by atoms with Gasteiger partial charge in [0.1, 0.15) is 5.82 Å². The number of pyridine rings is 1. The summed E-state index contributed by atoms with van der Waals surface area (Å²) in [6.07, 6.45) is 3.48. The van der Waals surface area contributed by atoms with E-state index in [9.17, 15) is 0 Å². The Morgan fingerprint density at radius 1 is 1.00 bits per heavy atom. The number of anilines is 1. The van der Waals surface area contributed by atoms with E-state index < -0.39 is 0 Å². The molecule has 0 aliphatic carbocycles. The van der Waals surface area contributed by atoms with E-state index in [1.807, 2.05) is 37.4 Å². The summed E-state index contributed by atoms with van der Waals surface area (Å²) >= 11 is 0. The van der Waals surface area contributed by atoms with E-state index in [0.717, 1.165) is 28.3 Å². The fraction of sp³-hybridized carbons (Fsp3) is 0.0667. The van der Waals surface area contributed by atoms with Crippen molar-refractivity contribution in [2.75, 3.05) is 12.4 Å². The van der Waals surface area contributed by atoms with Crippen molar-refractivity contribution in [2.24, 2.45) is 0 Å². The number of nitrogens with one attached hydrogen (secondary N) is 2. The summed E-state index contributed by atoms with van der Waals surface area (Å²) in [5, 5.41) is 3.10. The van der Waals surface area contributed by atoms with Crippen LogP contribution < -0.4 is 5.32 Å². The number of imidazole rings is 1. The van der Waals surface area contributed by atoms with E-state index in [4.69, 9.17) is 0 Å². The Morgan fingerprint density at radius 3 is 2.63 bits per heavy atom. The molecule has 0 amide bonds. The SMILES string of the molecule is CNc1ncccc1-c1[nH]cnc1-c1ccccc1. The van der Waals surface area contributed by atoms with Crippen LogP contribution in [0.3, 0.4) is 0 Å². The van der Waals surface area contributed by atoms with Crippen LogP contribution in [0.4, 0.5) is 5.82 Å². The van der Waals surface area contributed by atoms with Gasteiger partial charge in [-0.15, -0.1) is 0 Å². The predicted molar refractivity (Wildman–Crippen MR) is 76.8 cm³/mol. The van der Waals surface area contributed by atoms with Crippen LogP contribution >= 0.6 is 0 Å². The second-order valence-corrected chi connectivity index (χ2v) is 4.14. The van der Waals surface area contributed by atoms with Crippen molar-refractivity contribution >= 4 is 5.82 Å². The smallest absolute Gasteiger partial charge is 0.135 e. The third-order valence-electron chi connectivity index (χ3n) is 3.00. The minimum absolute atomic E-state index is 0.837. The highest BCUT2D eigenvalue weighted by molar-refractivity contribution is 5.83. The molecule has 19 heavy (non-hydrogen) atoms. The Balaban J connectivity index is 2.15. The maximum atomic E-state index is 4.43. The molecule has 2 aromatic heterocycles. The van der Waals surface area contributed by atoms with Gasteiger partial charge in [0.25, 0.3) is 0 Å². The minimum Gasteiger partial charge on any atom is -0.373 e. The van der Waals surface area contributed by atoms with Crippen LogP contribution in [-0.2, 0) is 0 Å². The monoisotopic (exact) mass is 250 g/mol. The van der Waals surface area contributed by atoms with Gasteiger partial charge in [0.2, 0.25) is 0 Å². The summed E-state index contributed by atoms with van der Waals surface area (Å²) < 4.78 is 0. The fourth-order valence-corrected chi connectivity index (χ4v) is 2.12. The number of benzene rings is 1. The molecule has 1 aromatic carbocycles. The fourth-order valence-electron chi connectivity index (χ4n) is 2.12. The van der Waals surface area contributed by atoms with E-state index in [1.165, 1.54) is 0 Å². The maximum Gasteiger partial charge on any atom is 0.135 e. The van der Waals surface area contributed by atoms with Gasteiger partial charge in [-0.25, -0.2) is 9.97 Å². The van der Waals surface area contributed by atoms with Crippen LogP contribution in [0.2, 0.25) is 0 Å². The third-order valence-corrected chi connectivity index (χ3v) is 3.00. The molecule has 3 rings (SSSR count). The highest BCUT2D eigenvalue weighted by Crippen LogP contribution is 2.31. The average molecular weight is 250 g/mol. The van der Waals surface area contributed by atoms with Crippen LogP contribution in [0.15, 0.2) is 55.0 Å². The molecule has 4 nitrogen and oxygen atoms in total. The lowest BCUT2D eigenvalue weighted by Crippen LogP contribution is -1.95. The lowest BCUT2D eigenvalue weighted by molar-refractivity contribution is 1.27. The summed E-state index contributed by atoms with van der Waals surface area (Å²) in [7, 11) is 1.87. The van der Waals surface area contributed by atoms with Gasteiger partial charge in [-0.2, -0.15) is 0 Å². The zero-order valence-electron chi connectivity index (χ0n) is 10.6. The highest BCUT2D eigenvalue weighted by atomic mass is 15.0. The minimum atomic E-state index is 0.837. The van der Waals surface area contributed by atoms with Crippen molar-refractivity contribution in [1.29, 1.82) is 0 Å². The molecular formula is C15H14N4. The topological polar surface area (TPSA) is 53.6 Å². The molecule has 4 heteroatoms. The molecule has 0 saturated heterocycles. The molecule has 2 heterocycles. The number of H-pyrrole nitrogens is 1. The molecule has 0 spiro atoms. The Labute approximate surface area is 111 Å². The first-order valence-electron chi connectivity index (χ1n) is 6.12.